The highest BCUT2D eigenvalue weighted by Gasteiger charge is 2.28. The van der Waals surface area contributed by atoms with Crippen molar-refractivity contribution in [3.05, 3.63) is 59.0 Å². The highest BCUT2D eigenvalue weighted by atomic mass is 35.5. The van der Waals surface area contributed by atoms with Crippen LogP contribution < -0.4 is 5.32 Å². The molecule has 0 unspecified atom stereocenters. The summed E-state index contributed by atoms with van der Waals surface area (Å²) in [5.41, 5.74) is 1.46. The van der Waals surface area contributed by atoms with Crippen LogP contribution in [-0.2, 0) is 11.3 Å². The molecular formula is C18H19ClN2O3. The monoisotopic (exact) mass is 346 g/mol. The summed E-state index contributed by atoms with van der Waals surface area (Å²) in [5.74, 6) is -0.0927. The summed E-state index contributed by atoms with van der Waals surface area (Å²) in [4.78, 5) is 26.3. The van der Waals surface area contributed by atoms with Gasteiger partial charge in [-0.05, 0) is 30.5 Å². The van der Waals surface area contributed by atoms with Crippen LogP contribution in [0, 0.1) is 5.92 Å². The molecule has 1 aliphatic heterocycles. The lowest BCUT2D eigenvalue weighted by molar-refractivity contribution is -0.126. The van der Waals surface area contributed by atoms with Crippen LogP contribution in [0.1, 0.15) is 28.8 Å². The molecule has 0 atom stereocenters. The molecule has 1 aromatic heterocycles. The number of likely N-dealkylation sites (tertiary alicyclic amines) is 1. The van der Waals surface area contributed by atoms with Crippen LogP contribution in [0.4, 0.5) is 0 Å². The Balaban J connectivity index is 1.48. The van der Waals surface area contributed by atoms with E-state index in [9.17, 15) is 9.59 Å². The number of amides is 2. The van der Waals surface area contributed by atoms with E-state index < -0.39 is 0 Å². The first kappa shape index (κ1) is 16.6. The molecule has 2 aromatic rings. The van der Waals surface area contributed by atoms with Crippen molar-refractivity contribution in [1.82, 2.24) is 10.2 Å². The molecule has 0 radical (unpaired) electrons. The predicted octanol–water partition coefficient (Wildman–Crippen LogP) is 3.10. The Hall–Kier alpha value is -2.27. The Morgan fingerprint density at radius 1 is 1.21 bits per heavy atom. The average molecular weight is 347 g/mol. The lowest BCUT2D eigenvalue weighted by atomic mass is 9.95. The van der Waals surface area contributed by atoms with Gasteiger partial charge in [0.15, 0.2) is 0 Å². The lowest BCUT2D eigenvalue weighted by Crippen LogP contribution is -2.42. The highest BCUT2D eigenvalue weighted by molar-refractivity contribution is 6.31. The zero-order chi connectivity index (χ0) is 16.9. The maximum atomic E-state index is 12.3. The van der Waals surface area contributed by atoms with E-state index >= 15 is 0 Å². The quantitative estimate of drug-likeness (QED) is 0.925. The summed E-state index contributed by atoms with van der Waals surface area (Å²) < 4.78 is 4.95. The molecule has 0 aliphatic carbocycles. The summed E-state index contributed by atoms with van der Waals surface area (Å²) in [6, 6.07) is 9.12. The molecule has 3 rings (SSSR count). The second-order valence-electron chi connectivity index (χ2n) is 5.89. The van der Waals surface area contributed by atoms with E-state index in [0.717, 1.165) is 5.56 Å². The van der Waals surface area contributed by atoms with Crippen molar-refractivity contribution < 1.29 is 14.0 Å². The van der Waals surface area contributed by atoms with Gasteiger partial charge < -0.3 is 14.6 Å². The van der Waals surface area contributed by atoms with Crippen LogP contribution in [-0.4, -0.2) is 29.8 Å². The molecule has 1 aliphatic rings. The molecular weight excluding hydrogens is 328 g/mol. The number of rotatable bonds is 4. The molecule has 24 heavy (non-hydrogen) atoms. The van der Waals surface area contributed by atoms with Gasteiger partial charge in [-0.15, -0.1) is 0 Å². The van der Waals surface area contributed by atoms with Gasteiger partial charge in [0.2, 0.25) is 5.91 Å². The first-order chi connectivity index (χ1) is 11.6. The van der Waals surface area contributed by atoms with Gasteiger partial charge in [-0.25, -0.2) is 0 Å². The van der Waals surface area contributed by atoms with E-state index in [1.807, 2.05) is 24.3 Å². The number of piperidine rings is 1. The number of hydrogen-bond donors (Lipinski definition) is 1. The SMILES string of the molecule is O=C(NCc1ccccc1Cl)C1CCN(C(=O)c2ccoc2)CC1. The Bertz CT molecular complexity index is 707. The Kier molecular flexibility index (Phi) is 5.20. The normalized spacial score (nSPS) is 15.3. The van der Waals surface area contributed by atoms with Gasteiger partial charge in [0, 0.05) is 30.6 Å². The zero-order valence-electron chi connectivity index (χ0n) is 13.2. The second-order valence-corrected chi connectivity index (χ2v) is 6.29. The first-order valence-electron chi connectivity index (χ1n) is 7.98. The van der Waals surface area contributed by atoms with Crippen LogP contribution in [0.2, 0.25) is 5.02 Å². The molecule has 6 heteroatoms. The van der Waals surface area contributed by atoms with Crippen molar-refractivity contribution in [2.75, 3.05) is 13.1 Å². The molecule has 0 spiro atoms. The maximum absolute atomic E-state index is 12.3. The third-order valence-electron chi connectivity index (χ3n) is 4.33. The van der Waals surface area contributed by atoms with Gasteiger partial charge in [-0.2, -0.15) is 0 Å². The van der Waals surface area contributed by atoms with Gasteiger partial charge in [0.1, 0.15) is 6.26 Å². The molecule has 2 heterocycles. The van der Waals surface area contributed by atoms with E-state index in [1.165, 1.54) is 12.5 Å². The topological polar surface area (TPSA) is 62.6 Å². The van der Waals surface area contributed by atoms with Crippen LogP contribution >= 0.6 is 11.6 Å². The molecule has 1 saturated heterocycles. The zero-order valence-corrected chi connectivity index (χ0v) is 14.0. The van der Waals surface area contributed by atoms with Gasteiger partial charge in [0.05, 0.1) is 11.8 Å². The molecule has 0 saturated carbocycles. The van der Waals surface area contributed by atoms with E-state index in [2.05, 4.69) is 5.32 Å². The minimum atomic E-state index is -0.0686. The minimum Gasteiger partial charge on any atom is -0.472 e. The molecule has 0 bridgehead atoms. The van der Waals surface area contributed by atoms with E-state index in [4.69, 9.17) is 16.0 Å². The van der Waals surface area contributed by atoms with Crippen molar-refractivity contribution >= 4 is 23.4 Å². The summed E-state index contributed by atoms with van der Waals surface area (Å²) in [7, 11) is 0. The fourth-order valence-corrected chi connectivity index (χ4v) is 3.08. The predicted molar refractivity (Wildman–Crippen MR) is 90.6 cm³/mol. The molecule has 1 aromatic carbocycles. The third kappa shape index (κ3) is 3.79. The molecule has 5 nitrogen and oxygen atoms in total. The number of furan rings is 1. The van der Waals surface area contributed by atoms with Crippen LogP contribution in [0.5, 0.6) is 0 Å². The Morgan fingerprint density at radius 2 is 1.96 bits per heavy atom. The lowest BCUT2D eigenvalue weighted by Gasteiger charge is -2.31. The van der Waals surface area contributed by atoms with Crippen molar-refractivity contribution in [3.8, 4) is 0 Å². The number of halogens is 1. The molecule has 1 fully saturated rings. The second kappa shape index (κ2) is 7.53. The number of carbonyl (C=O) groups is 2. The van der Waals surface area contributed by atoms with E-state index in [0.29, 0.717) is 43.1 Å². The van der Waals surface area contributed by atoms with Gasteiger partial charge in [-0.1, -0.05) is 29.8 Å². The summed E-state index contributed by atoms with van der Waals surface area (Å²) >= 11 is 6.09. The number of hydrogen-bond acceptors (Lipinski definition) is 3. The van der Waals surface area contributed by atoms with E-state index in [-0.39, 0.29) is 17.7 Å². The number of benzene rings is 1. The van der Waals surface area contributed by atoms with Gasteiger partial charge >= 0.3 is 0 Å². The van der Waals surface area contributed by atoms with Crippen molar-refractivity contribution in [1.29, 1.82) is 0 Å². The van der Waals surface area contributed by atoms with Crippen molar-refractivity contribution in [3.63, 3.8) is 0 Å². The maximum Gasteiger partial charge on any atom is 0.257 e. The molecule has 126 valence electrons. The van der Waals surface area contributed by atoms with Crippen LogP contribution in [0.15, 0.2) is 47.3 Å². The van der Waals surface area contributed by atoms with E-state index in [1.54, 1.807) is 11.0 Å². The standard InChI is InChI=1S/C18H19ClN2O3/c19-16-4-2-1-3-14(16)11-20-17(22)13-5-8-21(9-6-13)18(23)15-7-10-24-12-15/h1-4,7,10,12-13H,5-6,8-9,11H2,(H,20,22). The fourth-order valence-electron chi connectivity index (χ4n) is 2.88. The summed E-state index contributed by atoms with van der Waals surface area (Å²) in [6.07, 6.45) is 4.27. The summed E-state index contributed by atoms with van der Waals surface area (Å²) in [6.45, 7) is 1.58. The summed E-state index contributed by atoms with van der Waals surface area (Å²) in [5, 5.41) is 3.59. The largest absolute Gasteiger partial charge is 0.472 e. The van der Waals surface area contributed by atoms with Crippen LogP contribution in [0.3, 0.4) is 0 Å². The number of carbonyl (C=O) groups excluding carboxylic acids is 2. The fraction of sp³-hybridized carbons (Fsp3) is 0.333. The van der Waals surface area contributed by atoms with Crippen LogP contribution in [0.25, 0.3) is 0 Å². The third-order valence-corrected chi connectivity index (χ3v) is 4.70. The highest BCUT2D eigenvalue weighted by Crippen LogP contribution is 2.20. The Morgan fingerprint density at radius 3 is 2.62 bits per heavy atom. The van der Waals surface area contributed by atoms with Gasteiger partial charge in [-0.3, -0.25) is 9.59 Å². The number of nitrogens with one attached hydrogen (secondary N) is 1. The van der Waals surface area contributed by atoms with Crippen molar-refractivity contribution in [2.24, 2.45) is 5.92 Å². The minimum absolute atomic E-state index is 0.0188. The smallest absolute Gasteiger partial charge is 0.257 e. The molecule has 1 N–H and O–H groups in total. The first-order valence-corrected chi connectivity index (χ1v) is 8.35. The van der Waals surface area contributed by atoms with Crippen molar-refractivity contribution in [2.45, 2.75) is 19.4 Å². The van der Waals surface area contributed by atoms with Gasteiger partial charge in [0.25, 0.3) is 5.91 Å². The average Bonchev–Trinajstić information content (AvgIpc) is 3.15. The molecule has 2 amide bonds. The number of nitrogens with zero attached hydrogens (tertiary/aromatic N) is 1. The Labute approximate surface area is 145 Å².